The molecule has 0 spiro atoms. The number of ether oxygens (including phenoxy) is 1. The van der Waals surface area contributed by atoms with E-state index in [1.807, 2.05) is 6.92 Å². The minimum atomic E-state index is 0.0636. The number of aliphatic hydroxyl groups excluding tert-OH is 1. The van der Waals surface area contributed by atoms with Crippen LogP contribution in [0.4, 0.5) is 0 Å². The third-order valence-corrected chi connectivity index (χ3v) is 3.39. The number of nitrogens with zero attached hydrogens (tertiary/aromatic N) is 1. The van der Waals surface area contributed by atoms with E-state index in [0.717, 1.165) is 32.5 Å². The summed E-state index contributed by atoms with van der Waals surface area (Å²) >= 11 is 0. The van der Waals surface area contributed by atoms with Crippen molar-refractivity contribution in [2.24, 2.45) is 5.92 Å². The van der Waals surface area contributed by atoms with Crippen LogP contribution >= 0.6 is 0 Å². The Morgan fingerprint density at radius 1 is 1.44 bits per heavy atom. The zero-order valence-corrected chi connectivity index (χ0v) is 11.4. The van der Waals surface area contributed by atoms with E-state index in [9.17, 15) is 4.79 Å². The molecule has 1 rings (SSSR count). The number of hydrogen-bond acceptors (Lipinski definition) is 4. The van der Waals surface area contributed by atoms with Crippen molar-refractivity contribution in [1.82, 2.24) is 10.2 Å². The smallest absolute Gasteiger partial charge is 0.222 e. The second-order valence-electron chi connectivity index (χ2n) is 4.76. The molecule has 0 aromatic carbocycles. The Hall–Kier alpha value is -0.650. The molecular weight excluding hydrogens is 232 g/mol. The Balaban J connectivity index is 1.99. The van der Waals surface area contributed by atoms with Gasteiger partial charge in [-0.1, -0.05) is 0 Å². The monoisotopic (exact) mass is 258 g/mol. The molecular formula is C13H26N2O3. The predicted octanol–water partition coefficient (Wildman–Crippen LogP) is 0.234. The van der Waals surface area contributed by atoms with Gasteiger partial charge in [-0.2, -0.15) is 0 Å². The number of aliphatic hydroxyl groups is 1. The summed E-state index contributed by atoms with van der Waals surface area (Å²) in [5.41, 5.74) is 0. The number of carbonyl (C=O) groups is 1. The van der Waals surface area contributed by atoms with Crippen LogP contribution in [0.3, 0.4) is 0 Å². The van der Waals surface area contributed by atoms with Crippen LogP contribution in [0.1, 0.15) is 26.2 Å². The van der Waals surface area contributed by atoms with Gasteiger partial charge in [-0.3, -0.25) is 4.79 Å². The van der Waals surface area contributed by atoms with Gasteiger partial charge in [-0.05, 0) is 38.8 Å². The Bertz CT molecular complexity index is 228. The van der Waals surface area contributed by atoms with Crippen LogP contribution in [-0.4, -0.2) is 61.9 Å². The van der Waals surface area contributed by atoms with Crippen molar-refractivity contribution >= 4 is 5.91 Å². The summed E-state index contributed by atoms with van der Waals surface area (Å²) in [6.07, 6.45) is 2.57. The molecule has 5 heteroatoms. The Labute approximate surface area is 109 Å². The van der Waals surface area contributed by atoms with Crippen LogP contribution in [0.25, 0.3) is 0 Å². The lowest BCUT2D eigenvalue weighted by Gasteiger charge is -2.30. The summed E-state index contributed by atoms with van der Waals surface area (Å²) in [6, 6.07) is 0. The summed E-state index contributed by atoms with van der Waals surface area (Å²) < 4.78 is 5.13. The maximum Gasteiger partial charge on any atom is 0.222 e. The average molecular weight is 258 g/mol. The van der Waals surface area contributed by atoms with E-state index in [1.165, 1.54) is 0 Å². The summed E-state index contributed by atoms with van der Waals surface area (Å²) in [5.74, 6) is 0.538. The van der Waals surface area contributed by atoms with Crippen molar-refractivity contribution in [3.63, 3.8) is 0 Å². The van der Waals surface area contributed by atoms with Gasteiger partial charge in [0.2, 0.25) is 5.91 Å². The SMILES string of the molecule is CCOCCC(=O)NCCN1CCC(CO)CC1. The molecule has 1 amide bonds. The van der Waals surface area contributed by atoms with E-state index in [4.69, 9.17) is 9.84 Å². The zero-order chi connectivity index (χ0) is 13.2. The molecule has 0 radical (unpaired) electrons. The van der Waals surface area contributed by atoms with Crippen molar-refractivity contribution in [1.29, 1.82) is 0 Å². The van der Waals surface area contributed by atoms with E-state index in [2.05, 4.69) is 10.2 Å². The van der Waals surface area contributed by atoms with Crippen molar-refractivity contribution in [2.75, 3.05) is 46.0 Å². The van der Waals surface area contributed by atoms with Crippen LogP contribution in [0.15, 0.2) is 0 Å². The second kappa shape index (κ2) is 9.30. The number of likely N-dealkylation sites (tertiary alicyclic amines) is 1. The van der Waals surface area contributed by atoms with Crippen LogP contribution in [0.5, 0.6) is 0 Å². The molecule has 5 nitrogen and oxygen atoms in total. The molecule has 18 heavy (non-hydrogen) atoms. The first-order valence-electron chi connectivity index (χ1n) is 6.94. The van der Waals surface area contributed by atoms with Gasteiger partial charge in [0.15, 0.2) is 0 Å². The molecule has 106 valence electrons. The number of rotatable bonds is 8. The van der Waals surface area contributed by atoms with Crippen LogP contribution in [-0.2, 0) is 9.53 Å². The molecule has 0 bridgehead atoms. The fourth-order valence-corrected chi connectivity index (χ4v) is 2.14. The quantitative estimate of drug-likeness (QED) is 0.612. The van der Waals surface area contributed by atoms with E-state index in [0.29, 0.717) is 38.7 Å². The first-order valence-corrected chi connectivity index (χ1v) is 6.94. The summed E-state index contributed by atoms with van der Waals surface area (Å²) in [5, 5.41) is 11.9. The largest absolute Gasteiger partial charge is 0.396 e. The molecule has 1 aliphatic rings. The predicted molar refractivity (Wildman–Crippen MR) is 70.4 cm³/mol. The van der Waals surface area contributed by atoms with Gasteiger partial charge >= 0.3 is 0 Å². The highest BCUT2D eigenvalue weighted by molar-refractivity contribution is 5.75. The first-order chi connectivity index (χ1) is 8.76. The number of hydrogen-bond donors (Lipinski definition) is 2. The van der Waals surface area contributed by atoms with Gasteiger partial charge < -0.3 is 20.1 Å². The molecule has 0 aromatic heterocycles. The number of carbonyl (C=O) groups excluding carboxylic acids is 1. The Kier molecular flexibility index (Phi) is 7.96. The molecule has 0 saturated carbocycles. The fraction of sp³-hybridized carbons (Fsp3) is 0.923. The standard InChI is InChI=1S/C13H26N2O3/c1-2-18-10-5-13(17)14-6-9-15-7-3-12(11-16)4-8-15/h12,16H,2-11H2,1H3,(H,14,17). The molecule has 0 aromatic rings. The molecule has 1 saturated heterocycles. The van der Waals surface area contributed by atoms with Gasteiger partial charge in [0.05, 0.1) is 6.61 Å². The molecule has 0 aliphatic carbocycles. The number of amides is 1. The lowest BCUT2D eigenvalue weighted by molar-refractivity contribution is -0.122. The topological polar surface area (TPSA) is 61.8 Å². The highest BCUT2D eigenvalue weighted by Crippen LogP contribution is 2.15. The summed E-state index contributed by atoms with van der Waals surface area (Å²) in [4.78, 5) is 13.8. The van der Waals surface area contributed by atoms with E-state index in [1.54, 1.807) is 0 Å². The Morgan fingerprint density at radius 2 is 2.17 bits per heavy atom. The summed E-state index contributed by atoms with van der Waals surface area (Å²) in [6.45, 7) is 7.06. The third-order valence-electron chi connectivity index (χ3n) is 3.39. The highest BCUT2D eigenvalue weighted by Gasteiger charge is 2.17. The minimum absolute atomic E-state index is 0.0636. The highest BCUT2D eigenvalue weighted by atomic mass is 16.5. The van der Waals surface area contributed by atoms with Gasteiger partial charge in [-0.25, -0.2) is 0 Å². The van der Waals surface area contributed by atoms with Gasteiger partial charge in [-0.15, -0.1) is 0 Å². The number of nitrogens with one attached hydrogen (secondary N) is 1. The zero-order valence-electron chi connectivity index (χ0n) is 11.4. The van der Waals surface area contributed by atoms with E-state index >= 15 is 0 Å². The average Bonchev–Trinajstić information content (AvgIpc) is 2.40. The molecule has 1 fully saturated rings. The van der Waals surface area contributed by atoms with E-state index < -0.39 is 0 Å². The number of piperidine rings is 1. The van der Waals surface area contributed by atoms with Gasteiger partial charge in [0, 0.05) is 32.7 Å². The lowest BCUT2D eigenvalue weighted by Crippen LogP contribution is -2.40. The lowest BCUT2D eigenvalue weighted by atomic mass is 9.98. The minimum Gasteiger partial charge on any atom is -0.396 e. The van der Waals surface area contributed by atoms with Crippen molar-refractivity contribution in [3.8, 4) is 0 Å². The summed E-state index contributed by atoms with van der Waals surface area (Å²) in [7, 11) is 0. The van der Waals surface area contributed by atoms with Gasteiger partial charge in [0.1, 0.15) is 0 Å². The second-order valence-corrected chi connectivity index (χ2v) is 4.76. The van der Waals surface area contributed by atoms with Crippen molar-refractivity contribution in [2.45, 2.75) is 26.2 Å². The third kappa shape index (κ3) is 6.33. The van der Waals surface area contributed by atoms with Crippen molar-refractivity contribution < 1.29 is 14.6 Å². The maximum absolute atomic E-state index is 11.4. The Morgan fingerprint density at radius 3 is 2.78 bits per heavy atom. The molecule has 0 atom stereocenters. The molecule has 1 heterocycles. The maximum atomic E-state index is 11.4. The normalized spacial score (nSPS) is 17.9. The van der Waals surface area contributed by atoms with Crippen LogP contribution in [0, 0.1) is 5.92 Å². The van der Waals surface area contributed by atoms with Crippen LogP contribution < -0.4 is 5.32 Å². The van der Waals surface area contributed by atoms with Gasteiger partial charge in [0.25, 0.3) is 0 Å². The molecule has 1 aliphatic heterocycles. The fourth-order valence-electron chi connectivity index (χ4n) is 2.14. The van der Waals surface area contributed by atoms with E-state index in [-0.39, 0.29) is 5.91 Å². The van der Waals surface area contributed by atoms with Crippen LogP contribution in [0.2, 0.25) is 0 Å². The molecule has 0 unspecified atom stereocenters. The molecule has 2 N–H and O–H groups in total. The van der Waals surface area contributed by atoms with Crippen molar-refractivity contribution in [3.05, 3.63) is 0 Å². The first kappa shape index (κ1) is 15.4.